The highest BCUT2D eigenvalue weighted by molar-refractivity contribution is 6.15. The van der Waals surface area contributed by atoms with Crippen molar-refractivity contribution in [2.75, 3.05) is 11.4 Å². The van der Waals surface area contributed by atoms with Crippen molar-refractivity contribution in [3.8, 4) is 0 Å². The van der Waals surface area contributed by atoms with E-state index in [1.807, 2.05) is 0 Å². The predicted octanol–water partition coefficient (Wildman–Crippen LogP) is 1.04. The lowest BCUT2D eigenvalue weighted by Crippen LogP contribution is -2.50. The number of carbonyl (C=O) groups is 2. The fourth-order valence-electron chi connectivity index (χ4n) is 1.59. The van der Waals surface area contributed by atoms with Crippen LogP contribution in [-0.2, 0) is 4.79 Å². The molecule has 0 atom stereocenters. The fraction of sp³-hybridized carbons (Fsp3) is 0.200. The number of non-ortho nitro benzene ring substituents is 1. The van der Waals surface area contributed by atoms with E-state index in [9.17, 15) is 19.7 Å². The Balaban J connectivity index is 2.38. The van der Waals surface area contributed by atoms with E-state index in [0.717, 1.165) is 4.90 Å². The minimum atomic E-state index is -0.574. The monoisotopic (exact) mass is 235 g/mol. The van der Waals surface area contributed by atoms with Crippen LogP contribution in [0.3, 0.4) is 0 Å². The molecule has 0 unspecified atom stereocenters. The van der Waals surface area contributed by atoms with E-state index in [2.05, 4.69) is 5.32 Å². The highest BCUT2D eigenvalue weighted by Crippen LogP contribution is 2.22. The maximum Gasteiger partial charge on any atom is 0.328 e. The molecule has 2 rings (SSSR count). The number of benzene rings is 1. The molecular weight excluding hydrogens is 226 g/mol. The van der Waals surface area contributed by atoms with Crippen molar-refractivity contribution in [1.82, 2.24) is 5.32 Å². The molecular formula is C10H9N3O4. The molecule has 0 spiro atoms. The predicted molar refractivity (Wildman–Crippen MR) is 58.6 cm³/mol. The largest absolute Gasteiger partial charge is 0.337 e. The summed E-state index contributed by atoms with van der Waals surface area (Å²) in [4.78, 5) is 34.0. The van der Waals surface area contributed by atoms with Gasteiger partial charge >= 0.3 is 6.03 Å². The average Bonchev–Trinajstić information content (AvgIpc) is 2.29. The lowest BCUT2D eigenvalue weighted by molar-refractivity contribution is -0.384. The number of nitrogens with zero attached hydrogens (tertiary/aromatic N) is 2. The average molecular weight is 235 g/mol. The minimum Gasteiger partial charge on any atom is -0.337 e. The van der Waals surface area contributed by atoms with Crippen LogP contribution < -0.4 is 10.2 Å². The van der Waals surface area contributed by atoms with Crippen LogP contribution in [0.5, 0.6) is 0 Å². The third kappa shape index (κ3) is 2.07. The van der Waals surface area contributed by atoms with Gasteiger partial charge in [0.15, 0.2) is 0 Å². The molecule has 88 valence electrons. The number of carbonyl (C=O) groups excluding carboxylic acids is 2. The van der Waals surface area contributed by atoms with Gasteiger partial charge in [0.25, 0.3) is 5.69 Å². The molecule has 1 aromatic carbocycles. The Morgan fingerprint density at radius 3 is 2.76 bits per heavy atom. The second kappa shape index (κ2) is 4.20. The van der Waals surface area contributed by atoms with E-state index in [-0.39, 0.29) is 23.7 Å². The van der Waals surface area contributed by atoms with Crippen LogP contribution in [0.2, 0.25) is 0 Å². The summed E-state index contributed by atoms with van der Waals surface area (Å²) in [5.74, 6) is -0.366. The van der Waals surface area contributed by atoms with Gasteiger partial charge in [-0.1, -0.05) is 6.07 Å². The molecule has 7 heteroatoms. The zero-order valence-corrected chi connectivity index (χ0v) is 8.75. The lowest BCUT2D eigenvalue weighted by atomic mass is 10.2. The molecule has 1 aromatic rings. The fourth-order valence-corrected chi connectivity index (χ4v) is 1.59. The van der Waals surface area contributed by atoms with E-state index >= 15 is 0 Å². The summed E-state index contributed by atoms with van der Waals surface area (Å²) in [6.45, 7) is 0.295. The van der Waals surface area contributed by atoms with Crippen LogP contribution in [0.1, 0.15) is 6.42 Å². The number of nitrogens with one attached hydrogen (secondary N) is 1. The Morgan fingerprint density at radius 2 is 2.12 bits per heavy atom. The smallest absolute Gasteiger partial charge is 0.328 e. The number of urea groups is 1. The standard InChI is InChI=1S/C10H9N3O4/c14-9-4-5-11-10(15)12(9)7-2-1-3-8(6-7)13(16)17/h1-3,6H,4-5H2,(H,11,15). The van der Waals surface area contributed by atoms with Gasteiger partial charge in [0.05, 0.1) is 10.6 Å². The number of imide groups is 1. The van der Waals surface area contributed by atoms with Gasteiger partial charge < -0.3 is 5.32 Å². The van der Waals surface area contributed by atoms with Crippen LogP contribution in [-0.4, -0.2) is 23.4 Å². The maximum atomic E-state index is 11.6. The van der Waals surface area contributed by atoms with Gasteiger partial charge in [0.1, 0.15) is 0 Å². The van der Waals surface area contributed by atoms with Gasteiger partial charge in [-0.3, -0.25) is 14.9 Å². The first-order valence-electron chi connectivity index (χ1n) is 4.95. The summed E-state index contributed by atoms with van der Waals surface area (Å²) >= 11 is 0. The van der Waals surface area contributed by atoms with Crippen molar-refractivity contribution >= 4 is 23.3 Å². The highest BCUT2D eigenvalue weighted by Gasteiger charge is 2.27. The molecule has 1 saturated heterocycles. The molecule has 1 heterocycles. The Kier molecular flexibility index (Phi) is 2.73. The quantitative estimate of drug-likeness (QED) is 0.612. The van der Waals surface area contributed by atoms with Crippen molar-refractivity contribution in [3.05, 3.63) is 34.4 Å². The van der Waals surface area contributed by atoms with Crippen LogP contribution in [0, 0.1) is 10.1 Å². The van der Waals surface area contributed by atoms with Crippen LogP contribution in [0.4, 0.5) is 16.2 Å². The Bertz CT molecular complexity index is 484. The summed E-state index contributed by atoms with van der Waals surface area (Å²) in [6, 6.07) is 4.86. The topological polar surface area (TPSA) is 92.6 Å². The zero-order chi connectivity index (χ0) is 12.4. The first-order chi connectivity index (χ1) is 8.09. The number of nitro groups is 1. The third-order valence-electron chi connectivity index (χ3n) is 2.37. The summed E-state index contributed by atoms with van der Waals surface area (Å²) in [5, 5.41) is 13.1. The Morgan fingerprint density at radius 1 is 1.35 bits per heavy atom. The molecule has 1 aliphatic heterocycles. The normalized spacial score (nSPS) is 15.6. The Hall–Kier alpha value is -2.44. The highest BCUT2D eigenvalue weighted by atomic mass is 16.6. The molecule has 0 bridgehead atoms. The molecule has 1 aliphatic rings. The third-order valence-corrected chi connectivity index (χ3v) is 2.37. The number of rotatable bonds is 2. The minimum absolute atomic E-state index is 0.159. The summed E-state index contributed by atoms with van der Waals surface area (Å²) < 4.78 is 0. The summed E-state index contributed by atoms with van der Waals surface area (Å²) in [7, 11) is 0. The van der Waals surface area contributed by atoms with Gasteiger partial charge in [0.2, 0.25) is 5.91 Å². The van der Waals surface area contributed by atoms with Crippen LogP contribution >= 0.6 is 0 Å². The number of amides is 3. The van der Waals surface area contributed by atoms with Crippen molar-refractivity contribution in [2.45, 2.75) is 6.42 Å². The van der Waals surface area contributed by atoms with Crippen molar-refractivity contribution in [2.24, 2.45) is 0 Å². The molecule has 1 fully saturated rings. The lowest BCUT2D eigenvalue weighted by Gasteiger charge is -2.25. The number of hydrogen-bond acceptors (Lipinski definition) is 4. The molecule has 7 nitrogen and oxygen atoms in total. The molecule has 3 amide bonds. The summed E-state index contributed by atoms with van der Waals surface area (Å²) in [6.07, 6.45) is 0.189. The van der Waals surface area contributed by atoms with Gasteiger partial charge in [-0.25, -0.2) is 9.69 Å². The second-order valence-electron chi connectivity index (χ2n) is 3.49. The van der Waals surface area contributed by atoms with Gasteiger partial charge in [0, 0.05) is 25.1 Å². The summed E-state index contributed by atoms with van der Waals surface area (Å²) in [5.41, 5.74) is 0.0510. The van der Waals surface area contributed by atoms with Crippen molar-refractivity contribution in [1.29, 1.82) is 0 Å². The van der Waals surface area contributed by atoms with Crippen LogP contribution in [0.15, 0.2) is 24.3 Å². The second-order valence-corrected chi connectivity index (χ2v) is 3.49. The number of anilines is 1. The van der Waals surface area contributed by atoms with E-state index in [1.54, 1.807) is 0 Å². The van der Waals surface area contributed by atoms with Crippen molar-refractivity contribution < 1.29 is 14.5 Å². The molecule has 17 heavy (non-hydrogen) atoms. The number of nitro benzene ring substituents is 1. The SMILES string of the molecule is O=C1CCNC(=O)N1c1cccc([N+](=O)[O-])c1. The van der Waals surface area contributed by atoms with Crippen molar-refractivity contribution in [3.63, 3.8) is 0 Å². The van der Waals surface area contributed by atoms with E-state index < -0.39 is 11.0 Å². The van der Waals surface area contributed by atoms with E-state index in [4.69, 9.17) is 0 Å². The Labute approximate surface area is 96.2 Å². The first kappa shape index (κ1) is 11.1. The van der Waals surface area contributed by atoms with Gasteiger partial charge in [-0.2, -0.15) is 0 Å². The molecule has 0 aromatic heterocycles. The molecule has 0 aliphatic carbocycles. The van der Waals surface area contributed by atoms with E-state index in [0.29, 0.717) is 6.54 Å². The van der Waals surface area contributed by atoms with E-state index in [1.165, 1.54) is 24.3 Å². The maximum absolute atomic E-state index is 11.6. The first-order valence-corrected chi connectivity index (χ1v) is 4.95. The molecule has 1 N–H and O–H groups in total. The van der Waals surface area contributed by atoms with Crippen LogP contribution in [0.25, 0.3) is 0 Å². The molecule has 0 saturated carbocycles. The van der Waals surface area contributed by atoms with Gasteiger partial charge in [-0.05, 0) is 6.07 Å². The number of hydrogen-bond donors (Lipinski definition) is 1. The zero-order valence-electron chi connectivity index (χ0n) is 8.75. The van der Waals surface area contributed by atoms with Gasteiger partial charge in [-0.15, -0.1) is 0 Å². The molecule has 0 radical (unpaired) electrons.